The van der Waals surface area contributed by atoms with E-state index in [0.29, 0.717) is 29.6 Å². The third-order valence-electron chi connectivity index (χ3n) is 6.06. The van der Waals surface area contributed by atoms with E-state index < -0.39 is 21.1 Å². The molecule has 1 aliphatic heterocycles. The van der Waals surface area contributed by atoms with Crippen LogP contribution in [0.3, 0.4) is 0 Å². The topological polar surface area (TPSA) is 59.4 Å². The van der Waals surface area contributed by atoms with Gasteiger partial charge in [-0.2, -0.15) is 0 Å². The zero-order valence-corrected chi connectivity index (χ0v) is 19.9. The number of halogens is 2. The van der Waals surface area contributed by atoms with Crippen LogP contribution in [0.15, 0.2) is 57.2 Å². The smallest absolute Gasteiger partial charge is 0.211 e. The molecule has 2 aromatic carbocycles. The van der Waals surface area contributed by atoms with Crippen molar-refractivity contribution in [2.45, 2.75) is 43.5 Å². The highest BCUT2D eigenvalue weighted by atomic mass is 35.5. The molecule has 0 radical (unpaired) electrons. The second kappa shape index (κ2) is 8.52. The minimum Gasteiger partial charge on any atom is -0.369 e. The lowest BCUT2D eigenvalue weighted by atomic mass is 9.91. The van der Waals surface area contributed by atoms with Gasteiger partial charge in [0, 0.05) is 30.9 Å². The SMILES string of the molecule is CCn1cc(S(=O)(=O)c2cccc(Cl)c2)c(=O)c2cc(F)c(N3CC(C)CC(C)C3)cc21. The van der Waals surface area contributed by atoms with Crippen LogP contribution in [0.2, 0.25) is 5.02 Å². The lowest BCUT2D eigenvalue weighted by molar-refractivity contribution is 0.354. The van der Waals surface area contributed by atoms with Crippen LogP contribution in [0, 0.1) is 17.7 Å². The minimum atomic E-state index is -4.12. The number of nitrogens with zero attached hydrogens (tertiary/aromatic N) is 2. The van der Waals surface area contributed by atoms with E-state index >= 15 is 4.39 Å². The van der Waals surface area contributed by atoms with E-state index in [0.717, 1.165) is 19.5 Å². The van der Waals surface area contributed by atoms with E-state index in [1.54, 1.807) is 16.7 Å². The van der Waals surface area contributed by atoms with Gasteiger partial charge in [0.15, 0.2) is 0 Å². The predicted octanol–water partition coefficient (Wildman–Crippen LogP) is 5.13. The molecule has 32 heavy (non-hydrogen) atoms. The molecular weight excluding hydrogens is 451 g/mol. The average molecular weight is 477 g/mol. The Kier molecular flexibility index (Phi) is 6.07. The van der Waals surface area contributed by atoms with Crippen LogP contribution in [0.5, 0.6) is 0 Å². The van der Waals surface area contributed by atoms with Gasteiger partial charge in [0.05, 0.1) is 21.5 Å². The van der Waals surface area contributed by atoms with Gasteiger partial charge in [-0.05, 0) is 55.5 Å². The summed E-state index contributed by atoms with van der Waals surface area (Å²) in [5.74, 6) is 0.357. The number of hydrogen-bond acceptors (Lipinski definition) is 4. The van der Waals surface area contributed by atoms with Gasteiger partial charge in [-0.15, -0.1) is 0 Å². The molecule has 1 aromatic heterocycles. The fraction of sp³-hybridized carbons (Fsp3) is 0.375. The molecule has 2 heterocycles. The van der Waals surface area contributed by atoms with Crippen LogP contribution in [-0.2, 0) is 16.4 Å². The van der Waals surface area contributed by atoms with Crippen LogP contribution in [0.4, 0.5) is 10.1 Å². The third-order valence-corrected chi connectivity index (χ3v) is 8.04. The summed E-state index contributed by atoms with van der Waals surface area (Å²) < 4.78 is 43.3. The Morgan fingerprint density at radius 3 is 2.44 bits per heavy atom. The number of fused-ring (bicyclic) bond motifs is 1. The normalized spacial score (nSPS) is 19.5. The van der Waals surface area contributed by atoms with E-state index in [-0.39, 0.29) is 20.2 Å². The van der Waals surface area contributed by atoms with Crippen molar-refractivity contribution in [3.8, 4) is 0 Å². The van der Waals surface area contributed by atoms with Crippen LogP contribution >= 0.6 is 11.6 Å². The number of rotatable bonds is 4. The van der Waals surface area contributed by atoms with Gasteiger partial charge in [0.1, 0.15) is 10.7 Å². The Morgan fingerprint density at radius 2 is 1.81 bits per heavy atom. The maximum absolute atomic E-state index is 15.2. The lowest BCUT2D eigenvalue weighted by Crippen LogP contribution is -2.39. The maximum atomic E-state index is 15.2. The quantitative estimate of drug-likeness (QED) is 0.523. The van der Waals surface area contributed by atoms with E-state index in [1.165, 1.54) is 30.5 Å². The lowest BCUT2D eigenvalue weighted by Gasteiger charge is -2.37. The summed E-state index contributed by atoms with van der Waals surface area (Å²) in [5.41, 5.74) is 0.253. The van der Waals surface area contributed by atoms with Gasteiger partial charge in [0.2, 0.25) is 15.3 Å². The van der Waals surface area contributed by atoms with Crippen LogP contribution < -0.4 is 10.3 Å². The summed E-state index contributed by atoms with van der Waals surface area (Å²) >= 11 is 5.96. The molecule has 1 fully saturated rings. The Labute approximate surface area is 192 Å². The van der Waals surface area contributed by atoms with E-state index in [1.807, 2.05) is 11.8 Å². The third kappa shape index (κ3) is 4.04. The van der Waals surface area contributed by atoms with E-state index in [9.17, 15) is 13.2 Å². The van der Waals surface area contributed by atoms with Crippen molar-refractivity contribution >= 4 is 38.0 Å². The molecule has 0 aliphatic carbocycles. The molecule has 0 bridgehead atoms. The first-order valence-corrected chi connectivity index (χ1v) is 12.6. The van der Waals surface area contributed by atoms with E-state index in [4.69, 9.17) is 11.6 Å². The van der Waals surface area contributed by atoms with Crippen LogP contribution in [-0.4, -0.2) is 26.1 Å². The van der Waals surface area contributed by atoms with Gasteiger partial charge in [-0.3, -0.25) is 4.79 Å². The largest absolute Gasteiger partial charge is 0.369 e. The molecule has 8 heteroatoms. The van der Waals surface area contributed by atoms with Crippen molar-refractivity contribution in [2.75, 3.05) is 18.0 Å². The predicted molar refractivity (Wildman–Crippen MR) is 126 cm³/mol. The van der Waals surface area contributed by atoms with Crippen molar-refractivity contribution in [2.24, 2.45) is 11.8 Å². The number of benzene rings is 2. The highest BCUT2D eigenvalue weighted by Crippen LogP contribution is 2.31. The summed E-state index contributed by atoms with van der Waals surface area (Å²) in [7, 11) is -4.12. The first-order valence-electron chi connectivity index (χ1n) is 10.7. The highest BCUT2D eigenvalue weighted by molar-refractivity contribution is 7.91. The zero-order chi connectivity index (χ0) is 23.2. The fourth-order valence-electron chi connectivity index (χ4n) is 4.69. The molecule has 5 nitrogen and oxygen atoms in total. The molecule has 2 unspecified atom stereocenters. The van der Waals surface area contributed by atoms with Gasteiger partial charge in [0.25, 0.3) is 0 Å². The molecule has 170 valence electrons. The van der Waals surface area contributed by atoms with Crippen molar-refractivity contribution in [3.63, 3.8) is 0 Å². The molecule has 2 atom stereocenters. The number of sulfone groups is 1. The molecule has 0 saturated carbocycles. The molecular formula is C24H26ClFN2O3S. The number of anilines is 1. The van der Waals surface area contributed by atoms with Crippen molar-refractivity contribution in [1.82, 2.24) is 4.57 Å². The molecule has 4 rings (SSSR count). The molecule has 1 saturated heterocycles. The number of aromatic nitrogens is 1. The molecule has 1 aliphatic rings. The number of hydrogen-bond donors (Lipinski definition) is 0. The first kappa shape index (κ1) is 22.8. The van der Waals surface area contributed by atoms with Crippen molar-refractivity contribution < 1.29 is 12.8 Å². The summed E-state index contributed by atoms with van der Waals surface area (Å²) in [6, 6.07) is 8.63. The van der Waals surface area contributed by atoms with Gasteiger partial charge in [-0.25, -0.2) is 12.8 Å². The molecule has 0 amide bonds. The van der Waals surface area contributed by atoms with Gasteiger partial charge in [-0.1, -0.05) is 31.5 Å². The van der Waals surface area contributed by atoms with Crippen molar-refractivity contribution in [3.05, 3.63) is 63.7 Å². The fourth-order valence-corrected chi connectivity index (χ4v) is 6.36. The van der Waals surface area contributed by atoms with Crippen LogP contribution in [0.1, 0.15) is 27.2 Å². The number of pyridine rings is 1. The molecule has 0 spiro atoms. The molecule has 0 N–H and O–H groups in total. The summed E-state index contributed by atoms with van der Waals surface area (Å²) in [6.45, 7) is 8.06. The Balaban J connectivity index is 1.91. The zero-order valence-electron chi connectivity index (χ0n) is 18.3. The van der Waals surface area contributed by atoms with Gasteiger partial charge >= 0.3 is 0 Å². The summed E-state index contributed by atoms with van der Waals surface area (Å²) in [5, 5.41) is 0.303. The monoisotopic (exact) mass is 476 g/mol. The maximum Gasteiger partial charge on any atom is 0.211 e. The Morgan fingerprint density at radius 1 is 1.12 bits per heavy atom. The molecule has 3 aromatic rings. The van der Waals surface area contributed by atoms with Crippen molar-refractivity contribution in [1.29, 1.82) is 0 Å². The second-order valence-corrected chi connectivity index (χ2v) is 11.1. The average Bonchev–Trinajstić information content (AvgIpc) is 2.73. The Hall–Kier alpha value is -2.38. The summed E-state index contributed by atoms with van der Waals surface area (Å²) in [4.78, 5) is 14.8. The standard InChI is InChI=1S/C24H26ClFN2O3S/c1-4-27-14-23(32(30,31)18-7-5-6-17(25)9-18)24(29)19-10-20(26)22(11-21(19)27)28-12-15(2)8-16(3)13-28/h5-7,9-11,14-16H,4,8,12-13H2,1-3H3. The van der Waals surface area contributed by atoms with Gasteiger partial charge < -0.3 is 9.47 Å². The second-order valence-electron chi connectivity index (χ2n) is 8.74. The summed E-state index contributed by atoms with van der Waals surface area (Å²) in [6.07, 6.45) is 2.44. The number of aryl methyl sites for hydroxylation is 1. The first-order chi connectivity index (χ1) is 15.1. The van der Waals surface area contributed by atoms with Crippen LogP contribution in [0.25, 0.3) is 10.9 Å². The Bertz CT molecular complexity index is 1340. The number of piperidine rings is 1. The minimum absolute atomic E-state index is 0.0503. The highest BCUT2D eigenvalue weighted by Gasteiger charge is 2.27. The van der Waals surface area contributed by atoms with E-state index in [2.05, 4.69) is 13.8 Å².